The third kappa shape index (κ3) is 3.18. The van der Waals surface area contributed by atoms with Crippen LogP contribution in [0.15, 0.2) is 48.0 Å². The number of hydrogen-bond donors (Lipinski definition) is 2. The summed E-state index contributed by atoms with van der Waals surface area (Å²) in [6.07, 6.45) is 7.02. The van der Waals surface area contributed by atoms with Crippen molar-refractivity contribution in [1.82, 2.24) is 29.9 Å². The van der Waals surface area contributed by atoms with Gasteiger partial charge in [-0.2, -0.15) is 10.2 Å². The van der Waals surface area contributed by atoms with Crippen LogP contribution in [0.1, 0.15) is 5.56 Å². The second-order valence-electron chi connectivity index (χ2n) is 5.36. The number of thioether (sulfide) groups is 1. The first-order chi connectivity index (χ1) is 12.2. The molecule has 0 bridgehead atoms. The molecule has 0 saturated heterocycles. The van der Waals surface area contributed by atoms with Crippen LogP contribution in [0.3, 0.4) is 0 Å². The number of halogens is 1. The molecule has 4 aromatic rings. The Morgan fingerprint density at radius 1 is 1.24 bits per heavy atom. The van der Waals surface area contributed by atoms with Gasteiger partial charge in [-0.25, -0.2) is 14.4 Å². The molecular weight excluding hydrogens is 341 g/mol. The number of fused-ring (bicyclic) bond motifs is 1. The second-order valence-corrected chi connectivity index (χ2v) is 6.15. The minimum absolute atomic E-state index is 0.246. The van der Waals surface area contributed by atoms with E-state index >= 15 is 0 Å². The van der Waals surface area contributed by atoms with Gasteiger partial charge in [0.25, 0.3) is 0 Å². The quantitative estimate of drug-likeness (QED) is 0.535. The van der Waals surface area contributed by atoms with Crippen LogP contribution in [0.2, 0.25) is 0 Å². The fraction of sp³-hybridized carbons (Fsp3) is 0.125. The van der Waals surface area contributed by atoms with Gasteiger partial charge < -0.3 is 5.32 Å². The molecule has 1 aromatic carbocycles. The van der Waals surface area contributed by atoms with E-state index in [-0.39, 0.29) is 5.82 Å². The highest BCUT2D eigenvalue weighted by molar-refractivity contribution is 7.98. The third-order valence-electron chi connectivity index (χ3n) is 3.67. The summed E-state index contributed by atoms with van der Waals surface area (Å²) in [5.41, 5.74) is 2.45. The zero-order valence-electron chi connectivity index (χ0n) is 13.3. The number of anilines is 2. The summed E-state index contributed by atoms with van der Waals surface area (Å²) >= 11 is 1.52. The fourth-order valence-corrected chi connectivity index (χ4v) is 3.04. The number of H-pyrrole nitrogens is 1. The minimum Gasteiger partial charge on any atom is -0.337 e. The Labute approximate surface area is 146 Å². The Morgan fingerprint density at radius 3 is 2.88 bits per heavy atom. The van der Waals surface area contributed by atoms with Gasteiger partial charge in [0, 0.05) is 6.20 Å². The maximum Gasteiger partial charge on any atom is 0.161 e. The molecule has 7 nitrogen and oxygen atoms in total. The molecule has 3 heterocycles. The summed E-state index contributed by atoms with van der Waals surface area (Å²) in [7, 11) is 0. The van der Waals surface area contributed by atoms with E-state index in [1.165, 1.54) is 30.2 Å². The van der Waals surface area contributed by atoms with Crippen molar-refractivity contribution in [1.29, 1.82) is 0 Å². The molecule has 0 amide bonds. The van der Waals surface area contributed by atoms with Gasteiger partial charge in [-0.15, -0.1) is 11.8 Å². The van der Waals surface area contributed by atoms with Crippen LogP contribution < -0.4 is 5.32 Å². The summed E-state index contributed by atoms with van der Waals surface area (Å²) in [6.45, 7) is 0.558. The zero-order chi connectivity index (χ0) is 17.2. The van der Waals surface area contributed by atoms with Gasteiger partial charge in [-0.05, 0) is 24.0 Å². The molecule has 25 heavy (non-hydrogen) atoms. The summed E-state index contributed by atoms with van der Waals surface area (Å²) in [4.78, 5) is 8.50. The molecule has 4 rings (SSSR count). The molecule has 0 saturated carbocycles. The van der Waals surface area contributed by atoms with Gasteiger partial charge in [0.15, 0.2) is 5.65 Å². The van der Waals surface area contributed by atoms with Gasteiger partial charge in [0.05, 0.1) is 23.8 Å². The molecular formula is C16H14FN7S. The number of benzene rings is 1. The highest BCUT2D eigenvalue weighted by Crippen LogP contribution is 2.29. The average molecular weight is 355 g/mol. The van der Waals surface area contributed by atoms with Gasteiger partial charge in [-0.3, -0.25) is 9.78 Å². The van der Waals surface area contributed by atoms with Crippen molar-refractivity contribution in [2.75, 3.05) is 11.6 Å². The van der Waals surface area contributed by atoms with Crippen LogP contribution in [0.4, 0.5) is 15.9 Å². The first-order valence-electron chi connectivity index (χ1n) is 7.50. The number of aromatic amines is 1. The predicted octanol–water partition coefficient (Wildman–Crippen LogP) is 3.20. The number of nitrogens with one attached hydrogen (secondary N) is 2. The van der Waals surface area contributed by atoms with Gasteiger partial charge in [0.2, 0.25) is 0 Å². The highest BCUT2D eigenvalue weighted by Gasteiger charge is 2.13. The molecule has 126 valence electrons. The molecule has 0 radical (unpaired) electrons. The molecule has 0 spiro atoms. The van der Waals surface area contributed by atoms with E-state index in [0.29, 0.717) is 18.0 Å². The highest BCUT2D eigenvalue weighted by atomic mass is 32.2. The molecule has 0 aliphatic carbocycles. The van der Waals surface area contributed by atoms with Crippen molar-refractivity contribution in [3.63, 3.8) is 0 Å². The van der Waals surface area contributed by atoms with Crippen molar-refractivity contribution < 1.29 is 4.39 Å². The van der Waals surface area contributed by atoms with E-state index in [0.717, 1.165) is 21.7 Å². The number of aromatic nitrogens is 6. The molecule has 0 unspecified atom stereocenters. The average Bonchev–Trinajstić information content (AvgIpc) is 3.24. The Bertz CT molecular complexity index is 1010. The Morgan fingerprint density at radius 2 is 2.08 bits per heavy atom. The first kappa shape index (κ1) is 15.6. The van der Waals surface area contributed by atoms with Crippen molar-refractivity contribution in [3.8, 4) is 0 Å². The van der Waals surface area contributed by atoms with Crippen molar-refractivity contribution in [2.45, 2.75) is 11.6 Å². The second kappa shape index (κ2) is 6.52. The SMILES string of the molecule is CSc1n[nH]c2ncnc(Nc3cnn(Cc4ccc(F)cc4)c3)c12. The van der Waals surface area contributed by atoms with E-state index < -0.39 is 0 Å². The standard InChI is InChI=1S/C16H14FN7S/c1-25-16-13-14(18-9-19-15(13)22-23-16)21-12-6-20-24(8-12)7-10-2-4-11(17)5-3-10/h2-6,8-9H,7H2,1H3,(H2,18,19,21,22,23). The lowest BCUT2D eigenvalue weighted by Gasteiger charge is -2.04. The number of hydrogen-bond acceptors (Lipinski definition) is 6. The normalized spacial score (nSPS) is 11.1. The summed E-state index contributed by atoms with van der Waals surface area (Å²) in [5.74, 6) is 0.425. The topological polar surface area (TPSA) is 84.3 Å². The van der Waals surface area contributed by atoms with Crippen molar-refractivity contribution in [2.24, 2.45) is 0 Å². The van der Waals surface area contributed by atoms with Crippen LogP contribution in [0.25, 0.3) is 11.0 Å². The number of nitrogens with zero attached hydrogens (tertiary/aromatic N) is 5. The Kier molecular flexibility index (Phi) is 4.06. The minimum atomic E-state index is -0.246. The maximum absolute atomic E-state index is 13.0. The van der Waals surface area contributed by atoms with Crippen molar-refractivity contribution >= 4 is 34.3 Å². The monoisotopic (exact) mass is 355 g/mol. The molecule has 0 atom stereocenters. The molecule has 9 heteroatoms. The molecule has 3 aromatic heterocycles. The van der Waals surface area contributed by atoms with Crippen molar-refractivity contribution in [3.05, 3.63) is 54.4 Å². The zero-order valence-corrected chi connectivity index (χ0v) is 14.1. The molecule has 0 aliphatic heterocycles. The molecule has 0 fully saturated rings. The van der Waals surface area contributed by atoms with Crippen LogP contribution in [0.5, 0.6) is 0 Å². The largest absolute Gasteiger partial charge is 0.337 e. The van der Waals surface area contributed by atoms with E-state index in [1.54, 1.807) is 23.0 Å². The summed E-state index contributed by atoms with van der Waals surface area (Å²) in [6, 6.07) is 6.37. The van der Waals surface area contributed by atoms with E-state index in [1.807, 2.05) is 12.5 Å². The Balaban J connectivity index is 1.57. The Hall–Kier alpha value is -2.94. The lowest BCUT2D eigenvalue weighted by molar-refractivity contribution is 0.624. The third-order valence-corrected chi connectivity index (χ3v) is 4.35. The smallest absolute Gasteiger partial charge is 0.161 e. The maximum atomic E-state index is 13.0. The lowest BCUT2D eigenvalue weighted by atomic mass is 10.2. The summed E-state index contributed by atoms with van der Waals surface area (Å²) < 4.78 is 14.8. The van der Waals surface area contributed by atoms with Gasteiger partial charge >= 0.3 is 0 Å². The molecule has 2 N–H and O–H groups in total. The van der Waals surface area contributed by atoms with Gasteiger partial charge in [-0.1, -0.05) is 12.1 Å². The summed E-state index contributed by atoms with van der Waals surface area (Å²) in [5, 5.41) is 16.4. The van der Waals surface area contributed by atoms with E-state index in [4.69, 9.17) is 0 Å². The number of rotatable bonds is 5. The van der Waals surface area contributed by atoms with Crippen LogP contribution in [0, 0.1) is 5.82 Å². The first-order valence-corrected chi connectivity index (χ1v) is 8.72. The van der Waals surface area contributed by atoms with E-state index in [9.17, 15) is 4.39 Å². The van der Waals surface area contributed by atoms with Gasteiger partial charge in [0.1, 0.15) is 23.0 Å². The lowest BCUT2D eigenvalue weighted by Crippen LogP contribution is -2.00. The van der Waals surface area contributed by atoms with Crippen LogP contribution in [-0.2, 0) is 6.54 Å². The molecule has 0 aliphatic rings. The fourth-order valence-electron chi connectivity index (χ4n) is 2.50. The van der Waals surface area contributed by atoms with Crippen LogP contribution in [-0.4, -0.2) is 36.2 Å². The predicted molar refractivity (Wildman–Crippen MR) is 94.5 cm³/mol. The van der Waals surface area contributed by atoms with Crippen LogP contribution >= 0.6 is 11.8 Å². The van der Waals surface area contributed by atoms with E-state index in [2.05, 4.69) is 30.6 Å².